The number of hydrogen-bond acceptors (Lipinski definition) is 3. The Hall–Kier alpha value is -1.92. The van der Waals surface area contributed by atoms with Crippen LogP contribution in [0, 0.1) is 18.3 Å². The number of benzene rings is 1. The van der Waals surface area contributed by atoms with Crippen LogP contribution < -0.4 is 0 Å². The molecule has 0 aliphatic rings. The van der Waals surface area contributed by atoms with Crippen LogP contribution in [0.3, 0.4) is 0 Å². The van der Waals surface area contributed by atoms with Crippen molar-refractivity contribution in [2.45, 2.75) is 26.7 Å². The Morgan fingerprint density at radius 3 is 2.63 bits per heavy atom. The van der Waals surface area contributed by atoms with Crippen molar-refractivity contribution in [1.29, 1.82) is 5.26 Å². The van der Waals surface area contributed by atoms with E-state index in [0.717, 1.165) is 16.8 Å². The maximum Gasteiger partial charge on any atom is 0.136 e. The van der Waals surface area contributed by atoms with E-state index in [4.69, 9.17) is 16.9 Å². The molecule has 0 aliphatic heterocycles. The maximum absolute atomic E-state index is 8.97. The second-order valence-electron chi connectivity index (χ2n) is 4.69. The molecule has 1 aromatic heterocycles. The highest BCUT2D eigenvalue weighted by molar-refractivity contribution is 6.30. The van der Waals surface area contributed by atoms with Crippen molar-refractivity contribution < 1.29 is 0 Å². The largest absolute Gasteiger partial charge is 0.232 e. The topological polar surface area (TPSA) is 49.6 Å². The van der Waals surface area contributed by atoms with Crippen LogP contribution in [0.25, 0.3) is 11.3 Å². The van der Waals surface area contributed by atoms with Crippen LogP contribution in [0.2, 0.25) is 5.15 Å². The summed E-state index contributed by atoms with van der Waals surface area (Å²) in [5, 5.41) is 9.44. The molecule has 0 saturated heterocycles. The lowest BCUT2D eigenvalue weighted by Crippen LogP contribution is -2.02. The van der Waals surface area contributed by atoms with Crippen LogP contribution in [0.4, 0.5) is 0 Å². The molecule has 0 aliphatic carbocycles. The first-order valence-electron chi connectivity index (χ1n) is 6.07. The molecule has 0 fully saturated rings. The smallest absolute Gasteiger partial charge is 0.136 e. The highest BCUT2D eigenvalue weighted by Gasteiger charge is 2.13. The summed E-state index contributed by atoms with van der Waals surface area (Å²) in [5.41, 5.74) is 3.13. The normalized spacial score (nSPS) is 10.5. The molecule has 2 rings (SSSR count). The standard InChI is InChI=1S/C15H14ClN3/c1-9(2)15-18-13(10(3)14(16)19-15)12-6-4-5-11(7-12)8-17/h4-7,9H,1-3H3. The van der Waals surface area contributed by atoms with Gasteiger partial charge in [-0.05, 0) is 19.1 Å². The number of nitrogens with zero attached hydrogens (tertiary/aromatic N) is 3. The van der Waals surface area contributed by atoms with Crippen LogP contribution in [0.5, 0.6) is 0 Å². The molecule has 96 valence electrons. The Morgan fingerprint density at radius 2 is 2.00 bits per heavy atom. The Balaban J connectivity index is 2.64. The fourth-order valence-electron chi connectivity index (χ4n) is 1.78. The van der Waals surface area contributed by atoms with Crippen molar-refractivity contribution in [3.8, 4) is 17.3 Å². The van der Waals surface area contributed by atoms with E-state index < -0.39 is 0 Å². The van der Waals surface area contributed by atoms with Crippen molar-refractivity contribution in [2.75, 3.05) is 0 Å². The minimum Gasteiger partial charge on any atom is -0.232 e. The highest BCUT2D eigenvalue weighted by atomic mass is 35.5. The van der Waals surface area contributed by atoms with E-state index in [1.54, 1.807) is 6.07 Å². The van der Waals surface area contributed by atoms with Gasteiger partial charge in [-0.25, -0.2) is 9.97 Å². The van der Waals surface area contributed by atoms with Crippen LogP contribution in [0.15, 0.2) is 24.3 Å². The summed E-state index contributed by atoms with van der Waals surface area (Å²) in [4.78, 5) is 8.86. The Bertz CT molecular complexity index is 657. The lowest BCUT2D eigenvalue weighted by Gasteiger charge is -2.11. The first-order chi connectivity index (χ1) is 9.02. The van der Waals surface area contributed by atoms with E-state index in [2.05, 4.69) is 16.0 Å². The van der Waals surface area contributed by atoms with Gasteiger partial charge in [-0.15, -0.1) is 0 Å². The van der Waals surface area contributed by atoms with E-state index in [9.17, 15) is 0 Å². The molecule has 0 saturated carbocycles. The summed E-state index contributed by atoms with van der Waals surface area (Å²) in [6.07, 6.45) is 0. The van der Waals surface area contributed by atoms with Crippen molar-refractivity contribution in [3.05, 3.63) is 46.4 Å². The Kier molecular flexibility index (Phi) is 3.82. The van der Waals surface area contributed by atoms with Crippen LogP contribution in [-0.4, -0.2) is 9.97 Å². The zero-order valence-corrected chi connectivity index (χ0v) is 11.9. The predicted molar refractivity (Wildman–Crippen MR) is 76.0 cm³/mol. The SMILES string of the molecule is Cc1c(Cl)nc(C(C)C)nc1-c1cccc(C#N)c1. The number of aromatic nitrogens is 2. The van der Waals surface area contributed by atoms with Gasteiger partial charge in [0.2, 0.25) is 0 Å². The number of hydrogen-bond donors (Lipinski definition) is 0. The van der Waals surface area contributed by atoms with Gasteiger partial charge in [-0.2, -0.15) is 5.26 Å². The van der Waals surface area contributed by atoms with Gasteiger partial charge in [0.25, 0.3) is 0 Å². The van der Waals surface area contributed by atoms with Crippen molar-refractivity contribution in [2.24, 2.45) is 0 Å². The fourth-order valence-corrected chi connectivity index (χ4v) is 1.96. The van der Waals surface area contributed by atoms with Gasteiger partial charge in [-0.3, -0.25) is 0 Å². The zero-order chi connectivity index (χ0) is 14.0. The van der Waals surface area contributed by atoms with Crippen molar-refractivity contribution in [3.63, 3.8) is 0 Å². The number of nitriles is 1. The molecule has 0 radical (unpaired) electrons. The van der Waals surface area contributed by atoms with E-state index in [0.29, 0.717) is 16.5 Å². The highest BCUT2D eigenvalue weighted by Crippen LogP contribution is 2.27. The molecule has 3 nitrogen and oxygen atoms in total. The first-order valence-corrected chi connectivity index (χ1v) is 6.45. The van der Waals surface area contributed by atoms with E-state index in [1.165, 1.54) is 0 Å². The van der Waals surface area contributed by atoms with Gasteiger partial charge in [0, 0.05) is 17.0 Å². The van der Waals surface area contributed by atoms with Crippen LogP contribution in [0.1, 0.15) is 36.7 Å². The number of halogens is 1. The van der Waals surface area contributed by atoms with Crippen LogP contribution in [-0.2, 0) is 0 Å². The lowest BCUT2D eigenvalue weighted by molar-refractivity contribution is 0.773. The summed E-state index contributed by atoms with van der Waals surface area (Å²) in [6, 6.07) is 9.49. The van der Waals surface area contributed by atoms with E-state index in [-0.39, 0.29) is 5.92 Å². The second kappa shape index (κ2) is 5.38. The molecule has 0 amide bonds. The maximum atomic E-state index is 8.97. The molecule has 1 aromatic carbocycles. The molecule has 0 bridgehead atoms. The monoisotopic (exact) mass is 271 g/mol. The predicted octanol–water partition coefficient (Wildman–Crippen LogP) is 4.10. The molecule has 19 heavy (non-hydrogen) atoms. The summed E-state index contributed by atoms with van der Waals surface area (Å²) in [6.45, 7) is 5.94. The second-order valence-corrected chi connectivity index (χ2v) is 5.05. The van der Waals surface area contributed by atoms with Gasteiger partial charge >= 0.3 is 0 Å². The fraction of sp³-hybridized carbons (Fsp3) is 0.267. The third-order valence-corrected chi connectivity index (χ3v) is 3.25. The minimum absolute atomic E-state index is 0.205. The summed E-state index contributed by atoms with van der Waals surface area (Å²) in [7, 11) is 0. The first kappa shape index (κ1) is 13.5. The lowest BCUT2D eigenvalue weighted by atomic mass is 10.0. The summed E-state index contributed by atoms with van der Waals surface area (Å²) >= 11 is 6.17. The summed E-state index contributed by atoms with van der Waals surface area (Å²) in [5.74, 6) is 0.920. The zero-order valence-electron chi connectivity index (χ0n) is 11.1. The number of rotatable bonds is 2. The molecular weight excluding hydrogens is 258 g/mol. The molecule has 0 unspecified atom stereocenters. The van der Waals surface area contributed by atoms with Crippen molar-refractivity contribution >= 4 is 11.6 Å². The molecule has 4 heteroatoms. The van der Waals surface area contributed by atoms with Crippen LogP contribution >= 0.6 is 11.6 Å². The molecule has 0 N–H and O–H groups in total. The molecule has 0 spiro atoms. The molecule has 1 heterocycles. The van der Waals surface area contributed by atoms with Gasteiger partial charge in [-0.1, -0.05) is 37.6 Å². The van der Waals surface area contributed by atoms with E-state index >= 15 is 0 Å². The quantitative estimate of drug-likeness (QED) is 0.773. The third kappa shape index (κ3) is 2.74. The third-order valence-electron chi connectivity index (χ3n) is 2.89. The molecular formula is C15H14ClN3. The summed E-state index contributed by atoms with van der Waals surface area (Å²) < 4.78 is 0. The Morgan fingerprint density at radius 1 is 1.26 bits per heavy atom. The average molecular weight is 272 g/mol. The molecule has 2 aromatic rings. The van der Waals surface area contributed by atoms with Gasteiger partial charge in [0.1, 0.15) is 11.0 Å². The van der Waals surface area contributed by atoms with Crippen molar-refractivity contribution in [1.82, 2.24) is 9.97 Å². The van der Waals surface area contributed by atoms with E-state index in [1.807, 2.05) is 39.0 Å². The van der Waals surface area contributed by atoms with Gasteiger partial charge < -0.3 is 0 Å². The minimum atomic E-state index is 0.205. The molecule has 0 atom stereocenters. The van der Waals surface area contributed by atoms with Gasteiger partial charge in [0.05, 0.1) is 17.3 Å². The van der Waals surface area contributed by atoms with Gasteiger partial charge in [0.15, 0.2) is 0 Å². The average Bonchev–Trinajstić information content (AvgIpc) is 2.41. The Labute approximate surface area is 117 Å².